The number of nitrogens with one attached hydrogen (secondary N) is 1. The summed E-state index contributed by atoms with van der Waals surface area (Å²) >= 11 is 5.56. The molecule has 0 heterocycles. The average Bonchev–Trinajstić information content (AvgIpc) is 2.41. The van der Waals surface area contributed by atoms with Crippen molar-refractivity contribution >= 4 is 17.3 Å². The summed E-state index contributed by atoms with van der Waals surface area (Å²) in [5, 5.41) is 11.6. The molecule has 2 nitrogen and oxygen atoms in total. The first kappa shape index (κ1) is 13.3. The molecule has 2 rings (SSSR count). The van der Waals surface area contributed by atoms with Gasteiger partial charge in [0.25, 0.3) is 0 Å². The fourth-order valence-electron chi connectivity index (χ4n) is 1.56. The number of hydrogen-bond acceptors (Lipinski definition) is 2. The van der Waals surface area contributed by atoms with E-state index in [-0.39, 0.29) is 17.1 Å². The van der Waals surface area contributed by atoms with Gasteiger partial charge in [0.2, 0.25) is 0 Å². The molecule has 0 aliphatic rings. The SMILES string of the molecule is N#Cc1ccc(CNc2ccc(Cl)c(F)c2)c(F)c1. The van der Waals surface area contributed by atoms with E-state index in [4.69, 9.17) is 16.9 Å². The minimum absolute atomic E-state index is 0.0371. The Bertz CT molecular complexity index is 650. The Morgan fingerprint density at radius 3 is 2.53 bits per heavy atom. The summed E-state index contributed by atoms with van der Waals surface area (Å²) in [5.41, 5.74) is 1.17. The molecule has 19 heavy (non-hydrogen) atoms. The fraction of sp³-hybridized carbons (Fsp3) is 0.0714. The molecule has 0 saturated carbocycles. The molecule has 2 aromatic carbocycles. The lowest BCUT2D eigenvalue weighted by atomic mass is 10.1. The van der Waals surface area contributed by atoms with Crippen LogP contribution in [0.1, 0.15) is 11.1 Å². The molecule has 0 fully saturated rings. The summed E-state index contributed by atoms with van der Waals surface area (Å²) in [6.45, 7) is 0.193. The van der Waals surface area contributed by atoms with Crippen LogP contribution in [0.2, 0.25) is 5.02 Å². The number of rotatable bonds is 3. The second kappa shape index (κ2) is 5.68. The first-order chi connectivity index (χ1) is 9.10. The summed E-state index contributed by atoms with van der Waals surface area (Å²) in [4.78, 5) is 0. The van der Waals surface area contributed by atoms with E-state index >= 15 is 0 Å². The van der Waals surface area contributed by atoms with Crippen LogP contribution in [0.3, 0.4) is 0 Å². The van der Waals surface area contributed by atoms with Crippen molar-refractivity contribution in [3.05, 3.63) is 64.2 Å². The van der Waals surface area contributed by atoms with Gasteiger partial charge in [-0.25, -0.2) is 8.78 Å². The van der Waals surface area contributed by atoms with Gasteiger partial charge < -0.3 is 5.32 Å². The molecule has 0 spiro atoms. The van der Waals surface area contributed by atoms with E-state index in [1.807, 2.05) is 6.07 Å². The Hall–Kier alpha value is -2.12. The molecule has 2 aromatic rings. The Labute approximate surface area is 114 Å². The molecular formula is C14H9ClF2N2. The van der Waals surface area contributed by atoms with Gasteiger partial charge in [-0.3, -0.25) is 0 Å². The van der Waals surface area contributed by atoms with E-state index < -0.39 is 11.6 Å². The normalized spacial score (nSPS) is 10.0. The van der Waals surface area contributed by atoms with E-state index in [2.05, 4.69) is 5.32 Å². The van der Waals surface area contributed by atoms with Crippen LogP contribution in [0.4, 0.5) is 14.5 Å². The van der Waals surface area contributed by atoms with E-state index in [0.29, 0.717) is 11.3 Å². The Kier molecular flexibility index (Phi) is 3.98. The predicted molar refractivity (Wildman–Crippen MR) is 69.9 cm³/mol. The third kappa shape index (κ3) is 3.21. The maximum absolute atomic E-state index is 13.6. The lowest BCUT2D eigenvalue weighted by Crippen LogP contribution is -2.02. The standard InChI is InChI=1S/C14H9ClF2N2/c15-12-4-3-11(6-14(12)17)19-8-10-2-1-9(7-18)5-13(10)16/h1-6,19H,8H2. The van der Waals surface area contributed by atoms with Crippen LogP contribution in [0.15, 0.2) is 36.4 Å². The summed E-state index contributed by atoms with van der Waals surface area (Å²) in [6, 6.07) is 10.3. The van der Waals surface area contributed by atoms with Gasteiger partial charge in [0.1, 0.15) is 11.6 Å². The molecule has 0 saturated heterocycles. The third-order valence-electron chi connectivity index (χ3n) is 2.58. The van der Waals surface area contributed by atoms with Crippen molar-refractivity contribution in [3.63, 3.8) is 0 Å². The number of halogens is 3. The summed E-state index contributed by atoms with van der Waals surface area (Å²) < 4.78 is 26.8. The fourth-order valence-corrected chi connectivity index (χ4v) is 1.68. The zero-order valence-corrected chi connectivity index (χ0v) is 10.5. The van der Waals surface area contributed by atoms with Crippen molar-refractivity contribution in [1.82, 2.24) is 0 Å². The molecule has 1 N–H and O–H groups in total. The van der Waals surface area contributed by atoms with Crippen LogP contribution < -0.4 is 5.32 Å². The number of nitriles is 1. The number of benzene rings is 2. The highest BCUT2D eigenvalue weighted by molar-refractivity contribution is 6.30. The summed E-state index contributed by atoms with van der Waals surface area (Å²) in [6.07, 6.45) is 0. The zero-order valence-electron chi connectivity index (χ0n) is 9.75. The van der Waals surface area contributed by atoms with Crippen LogP contribution in [-0.2, 0) is 6.54 Å². The average molecular weight is 279 g/mol. The highest BCUT2D eigenvalue weighted by Crippen LogP contribution is 2.19. The van der Waals surface area contributed by atoms with E-state index in [0.717, 1.165) is 0 Å². The molecule has 0 radical (unpaired) electrons. The molecule has 0 unspecified atom stereocenters. The summed E-state index contributed by atoms with van der Waals surface area (Å²) in [5.74, 6) is -1.01. The van der Waals surface area contributed by atoms with E-state index in [1.54, 1.807) is 6.07 Å². The van der Waals surface area contributed by atoms with Crippen LogP contribution in [-0.4, -0.2) is 0 Å². The molecule has 0 aliphatic carbocycles. The van der Waals surface area contributed by atoms with Crippen LogP contribution >= 0.6 is 11.6 Å². The van der Waals surface area contributed by atoms with E-state index in [1.165, 1.54) is 30.3 Å². The van der Waals surface area contributed by atoms with Gasteiger partial charge in [-0.15, -0.1) is 0 Å². The van der Waals surface area contributed by atoms with Crippen LogP contribution in [0.5, 0.6) is 0 Å². The molecular weight excluding hydrogens is 270 g/mol. The molecule has 96 valence electrons. The highest BCUT2D eigenvalue weighted by atomic mass is 35.5. The Morgan fingerprint density at radius 2 is 1.89 bits per heavy atom. The van der Waals surface area contributed by atoms with Crippen LogP contribution in [0.25, 0.3) is 0 Å². The molecule has 0 atom stereocenters. The maximum atomic E-state index is 13.6. The van der Waals surface area contributed by atoms with Crippen molar-refractivity contribution in [2.45, 2.75) is 6.54 Å². The minimum Gasteiger partial charge on any atom is -0.381 e. The smallest absolute Gasteiger partial charge is 0.143 e. The van der Waals surface area contributed by atoms with Crippen molar-refractivity contribution in [2.24, 2.45) is 0 Å². The summed E-state index contributed by atoms with van der Waals surface area (Å²) in [7, 11) is 0. The molecule has 0 aromatic heterocycles. The molecule has 0 aliphatic heterocycles. The van der Waals surface area contributed by atoms with Gasteiger partial charge in [-0.05, 0) is 30.3 Å². The van der Waals surface area contributed by atoms with Crippen molar-refractivity contribution in [2.75, 3.05) is 5.32 Å². The zero-order chi connectivity index (χ0) is 13.8. The first-order valence-electron chi connectivity index (χ1n) is 5.47. The van der Waals surface area contributed by atoms with Crippen molar-refractivity contribution < 1.29 is 8.78 Å². The first-order valence-corrected chi connectivity index (χ1v) is 5.85. The largest absolute Gasteiger partial charge is 0.381 e. The Morgan fingerprint density at radius 1 is 1.11 bits per heavy atom. The van der Waals surface area contributed by atoms with Gasteiger partial charge in [0.15, 0.2) is 0 Å². The highest BCUT2D eigenvalue weighted by Gasteiger charge is 2.05. The quantitative estimate of drug-likeness (QED) is 0.917. The van der Waals surface area contributed by atoms with Gasteiger partial charge in [0, 0.05) is 17.8 Å². The topological polar surface area (TPSA) is 35.8 Å². The lowest BCUT2D eigenvalue weighted by molar-refractivity contribution is 0.612. The van der Waals surface area contributed by atoms with Gasteiger partial charge in [-0.1, -0.05) is 17.7 Å². The number of hydrogen-bond donors (Lipinski definition) is 1. The lowest BCUT2D eigenvalue weighted by Gasteiger charge is -2.08. The molecule has 0 amide bonds. The van der Waals surface area contributed by atoms with E-state index in [9.17, 15) is 8.78 Å². The third-order valence-corrected chi connectivity index (χ3v) is 2.89. The van der Waals surface area contributed by atoms with Gasteiger partial charge >= 0.3 is 0 Å². The minimum atomic E-state index is -0.535. The molecule has 0 bridgehead atoms. The van der Waals surface area contributed by atoms with Crippen LogP contribution in [0, 0.1) is 23.0 Å². The number of nitrogens with zero attached hydrogens (tertiary/aromatic N) is 1. The number of anilines is 1. The monoisotopic (exact) mass is 278 g/mol. The predicted octanol–water partition coefficient (Wildman–Crippen LogP) is 4.10. The molecule has 5 heteroatoms. The van der Waals surface area contributed by atoms with Gasteiger partial charge in [-0.2, -0.15) is 5.26 Å². The van der Waals surface area contributed by atoms with Crippen molar-refractivity contribution in [1.29, 1.82) is 5.26 Å². The maximum Gasteiger partial charge on any atom is 0.143 e. The second-order valence-corrected chi connectivity index (χ2v) is 4.31. The second-order valence-electron chi connectivity index (χ2n) is 3.90. The van der Waals surface area contributed by atoms with Gasteiger partial charge in [0.05, 0.1) is 16.7 Å². The Balaban J connectivity index is 2.10. The van der Waals surface area contributed by atoms with Crippen molar-refractivity contribution in [3.8, 4) is 6.07 Å².